The number of rotatable bonds is 2. The number of carbonyl (C=O) groups excluding carboxylic acids is 2. The second-order valence-corrected chi connectivity index (χ2v) is 6.67. The number of halogens is 1. The van der Waals surface area contributed by atoms with Gasteiger partial charge in [0.05, 0.1) is 29.3 Å². The summed E-state index contributed by atoms with van der Waals surface area (Å²) in [6.07, 6.45) is 1.42. The molecule has 0 spiro atoms. The third kappa shape index (κ3) is 3.21. The Morgan fingerprint density at radius 1 is 1.35 bits per heavy atom. The fourth-order valence-corrected chi connectivity index (χ4v) is 3.31. The molecule has 0 aromatic heterocycles. The highest BCUT2D eigenvalue weighted by Crippen LogP contribution is 2.28. The van der Waals surface area contributed by atoms with Crippen LogP contribution in [-0.4, -0.2) is 48.6 Å². The summed E-state index contributed by atoms with van der Waals surface area (Å²) >= 11 is 6.26. The van der Waals surface area contributed by atoms with E-state index in [1.54, 1.807) is 28.0 Å². The molecule has 124 valence electrons. The van der Waals surface area contributed by atoms with Gasteiger partial charge in [0.2, 0.25) is 5.91 Å². The van der Waals surface area contributed by atoms with Crippen molar-refractivity contribution in [3.63, 3.8) is 0 Å². The minimum absolute atomic E-state index is 0.00633. The molecule has 2 aliphatic heterocycles. The first kappa shape index (κ1) is 16.3. The molecule has 2 atom stereocenters. The summed E-state index contributed by atoms with van der Waals surface area (Å²) in [7, 11) is 0. The van der Waals surface area contributed by atoms with E-state index in [1.165, 1.54) is 0 Å². The van der Waals surface area contributed by atoms with Crippen molar-refractivity contribution < 1.29 is 14.3 Å². The molecule has 0 aliphatic carbocycles. The van der Waals surface area contributed by atoms with E-state index in [2.05, 4.69) is 0 Å². The number of ether oxygens (including phenoxy) is 1. The van der Waals surface area contributed by atoms with Gasteiger partial charge >= 0.3 is 0 Å². The Kier molecular flexibility index (Phi) is 4.60. The minimum atomic E-state index is -0.105. The molecular weight excluding hydrogens is 316 g/mol. The van der Waals surface area contributed by atoms with Crippen molar-refractivity contribution in [2.45, 2.75) is 38.8 Å². The summed E-state index contributed by atoms with van der Waals surface area (Å²) in [6, 6.07) is 5.24. The van der Waals surface area contributed by atoms with Crippen LogP contribution in [0.15, 0.2) is 18.2 Å². The zero-order valence-electron chi connectivity index (χ0n) is 13.4. The first-order chi connectivity index (χ1) is 11.0. The van der Waals surface area contributed by atoms with Crippen LogP contribution in [-0.2, 0) is 9.53 Å². The molecule has 23 heavy (non-hydrogen) atoms. The molecule has 0 unspecified atom stereocenters. The number of anilines is 1. The Labute approximate surface area is 141 Å². The smallest absolute Gasteiger partial charge is 0.255 e. The number of carbonyl (C=O) groups is 2. The number of morpholine rings is 1. The predicted octanol–water partition coefficient (Wildman–Crippen LogP) is 2.72. The molecule has 2 amide bonds. The van der Waals surface area contributed by atoms with Crippen molar-refractivity contribution in [3.05, 3.63) is 28.8 Å². The van der Waals surface area contributed by atoms with Crippen molar-refractivity contribution in [1.82, 2.24) is 4.90 Å². The molecule has 0 N–H and O–H groups in total. The van der Waals surface area contributed by atoms with Gasteiger partial charge in [0.15, 0.2) is 0 Å². The lowest BCUT2D eigenvalue weighted by Gasteiger charge is -2.37. The monoisotopic (exact) mass is 336 g/mol. The van der Waals surface area contributed by atoms with Gasteiger partial charge in [-0.2, -0.15) is 0 Å². The van der Waals surface area contributed by atoms with Gasteiger partial charge < -0.3 is 14.5 Å². The summed E-state index contributed by atoms with van der Waals surface area (Å²) in [4.78, 5) is 28.3. The van der Waals surface area contributed by atoms with Crippen LogP contribution >= 0.6 is 11.6 Å². The number of hydrogen-bond acceptors (Lipinski definition) is 3. The van der Waals surface area contributed by atoms with Gasteiger partial charge in [-0.3, -0.25) is 9.59 Å². The maximum Gasteiger partial charge on any atom is 0.255 e. The van der Waals surface area contributed by atoms with Gasteiger partial charge in [-0.1, -0.05) is 11.6 Å². The molecule has 5 nitrogen and oxygen atoms in total. The third-order valence-electron chi connectivity index (χ3n) is 4.43. The number of benzene rings is 1. The minimum Gasteiger partial charge on any atom is -0.375 e. The van der Waals surface area contributed by atoms with Crippen LogP contribution < -0.4 is 4.90 Å². The van der Waals surface area contributed by atoms with Crippen LogP contribution in [0.5, 0.6) is 0 Å². The number of hydrogen-bond donors (Lipinski definition) is 0. The lowest BCUT2D eigenvalue weighted by molar-refractivity contribution is -0.117. The van der Waals surface area contributed by atoms with Crippen LogP contribution in [0.3, 0.4) is 0 Å². The van der Waals surface area contributed by atoms with Crippen LogP contribution in [0.25, 0.3) is 0 Å². The highest BCUT2D eigenvalue weighted by molar-refractivity contribution is 6.34. The van der Waals surface area contributed by atoms with E-state index < -0.39 is 0 Å². The summed E-state index contributed by atoms with van der Waals surface area (Å²) in [6.45, 7) is 5.68. The van der Waals surface area contributed by atoms with E-state index in [9.17, 15) is 9.59 Å². The fourth-order valence-electron chi connectivity index (χ4n) is 3.11. The van der Waals surface area contributed by atoms with E-state index in [0.717, 1.165) is 12.1 Å². The zero-order valence-corrected chi connectivity index (χ0v) is 14.2. The normalized spacial score (nSPS) is 25.1. The second kappa shape index (κ2) is 6.49. The van der Waals surface area contributed by atoms with Crippen LogP contribution in [0.1, 0.15) is 37.0 Å². The Hall–Kier alpha value is -1.59. The Balaban J connectivity index is 1.89. The van der Waals surface area contributed by atoms with E-state index in [0.29, 0.717) is 36.7 Å². The maximum atomic E-state index is 12.9. The topological polar surface area (TPSA) is 49.9 Å². The third-order valence-corrected chi connectivity index (χ3v) is 4.76. The first-order valence-electron chi connectivity index (χ1n) is 8.00. The first-order valence-corrected chi connectivity index (χ1v) is 8.37. The van der Waals surface area contributed by atoms with E-state index >= 15 is 0 Å². The number of nitrogens with zero attached hydrogens (tertiary/aromatic N) is 2. The number of amides is 2. The Morgan fingerprint density at radius 2 is 2.13 bits per heavy atom. The predicted molar refractivity (Wildman–Crippen MR) is 89.0 cm³/mol. The van der Waals surface area contributed by atoms with Gasteiger partial charge in [-0.05, 0) is 38.5 Å². The summed E-state index contributed by atoms with van der Waals surface area (Å²) in [5, 5.41) is 0.414. The van der Waals surface area contributed by atoms with Crippen LogP contribution in [0.2, 0.25) is 5.02 Å². The SMILES string of the molecule is C[C@@H]1CN(C(=O)c2cc(N3CCCC3=O)ccc2Cl)[C@H](C)CO1. The lowest BCUT2D eigenvalue weighted by Crippen LogP contribution is -2.50. The standard InChI is InChI=1S/C17H21ClN2O3/c1-11-10-23-12(2)9-20(11)17(22)14-8-13(5-6-15(14)18)19-7-3-4-16(19)21/h5-6,8,11-12H,3-4,7,9-10H2,1-2H3/t11-,12-/m1/s1. The molecule has 6 heteroatoms. The van der Waals surface area contributed by atoms with Gasteiger partial charge in [0, 0.05) is 25.2 Å². The second-order valence-electron chi connectivity index (χ2n) is 6.26. The van der Waals surface area contributed by atoms with Gasteiger partial charge in [-0.25, -0.2) is 0 Å². The summed E-state index contributed by atoms with van der Waals surface area (Å²) in [5.74, 6) is -0.00905. The largest absolute Gasteiger partial charge is 0.375 e. The van der Waals surface area contributed by atoms with Crippen LogP contribution in [0, 0.1) is 0 Å². The molecule has 0 saturated carbocycles. The molecule has 0 radical (unpaired) electrons. The molecular formula is C17H21ClN2O3. The fraction of sp³-hybridized carbons (Fsp3) is 0.529. The van der Waals surface area contributed by atoms with E-state index in [-0.39, 0.29) is 24.0 Å². The van der Waals surface area contributed by atoms with Crippen molar-refractivity contribution in [3.8, 4) is 0 Å². The molecule has 2 heterocycles. The molecule has 2 saturated heterocycles. The summed E-state index contributed by atoms with van der Waals surface area (Å²) in [5.41, 5.74) is 1.19. The van der Waals surface area contributed by atoms with Gasteiger partial charge in [0.1, 0.15) is 0 Å². The van der Waals surface area contributed by atoms with Gasteiger partial charge in [0.25, 0.3) is 5.91 Å². The molecule has 3 rings (SSSR count). The Bertz CT molecular complexity index is 634. The van der Waals surface area contributed by atoms with Crippen molar-refractivity contribution in [2.24, 2.45) is 0 Å². The highest BCUT2D eigenvalue weighted by atomic mass is 35.5. The average Bonchev–Trinajstić information content (AvgIpc) is 2.96. The molecule has 0 bridgehead atoms. The molecule has 1 aromatic rings. The molecule has 2 fully saturated rings. The van der Waals surface area contributed by atoms with Crippen LogP contribution in [0.4, 0.5) is 5.69 Å². The maximum absolute atomic E-state index is 12.9. The van der Waals surface area contributed by atoms with E-state index in [4.69, 9.17) is 16.3 Å². The molecule has 1 aromatic carbocycles. The van der Waals surface area contributed by atoms with Crippen molar-refractivity contribution in [1.29, 1.82) is 0 Å². The van der Waals surface area contributed by atoms with E-state index in [1.807, 2.05) is 13.8 Å². The van der Waals surface area contributed by atoms with Crippen molar-refractivity contribution in [2.75, 3.05) is 24.6 Å². The molecule has 2 aliphatic rings. The van der Waals surface area contributed by atoms with Gasteiger partial charge in [-0.15, -0.1) is 0 Å². The zero-order chi connectivity index (χ0) is 16.6. The average molecular weight is 337 g/mol. The summed E-state index contributed by atoms with van der Waals surface area (Å²) < 4.78 is 5.58. The van der Waals surface area contributed by atoms with Crippen molar-refractivity contribution >= 4 is 29.1 Å². The highest BCUT2D eigenvalue weighted by Gasteiger charge is 2.30. The lowest BCUT2D eigenvalue weighted by atomic mass is 10.1. The quantitative estimate of drug-likeness (QED) is 0.834. The Morgan fingerprint density at radius 3 is 2.83 bits per heavy atom.